The molecule has 130 valence electrons. The summed E-state index contributed by atoms with van der Waals surface area (Å²) in [7, 11) is 0. The number of fused-ring (bicyclic) bond motifs is 1. The highest BCUT2D eigenvalue weighted by atomic mass is 16.3. The molecule has 4 heteroatoms. The Labute approximate surface area is 142 Å². The van der Waals surface area contributed by atoms with Gasteiger partial charge in [0.05, 0.1) is 18.3 Å². The van der Waals surface area contributed by atoms with Crippen molar-refractivity contribution in [2.45, 2.75) is 63.0 Å². The lowest BCUT2D eigenvalue weighted by Crippen LogP contribution is -2.69. The molecule has 9 bridgehead atoms. The van der Waals surface area contributed by atoms with Crippen molar-refractivity contribution in [1.82, 2.24) is 4.90 Å². The zero-order valence-electron chi connectivity index (χ0n) is 14.2. The summed E-state index contributed by atoms with van der Waals surface area (Å²) in [5, 5.41) is 33.3. The predicted octanol–water partition coefficient (Wildman–Crippen LogP) is 0.764. The fraction of sp³-hybridized carbons (Fsp3) is 0.900. The Kier molecular flexibility index (Phi) is 1.95. The van der Waals surface area contributed by atoms with Crippen molar-refractivity contribution in [3.63, 3.8) is 0 Å². The smallest absolute Gasteiger partial charge is 0.0815 e. The number of rotatable bonds is 0. The lowest BCUT2D eigenvalue weighted by molar-refractivity contribution is -0.220. The van der Waals surface area contributed by atoms with E-state index in [1.807, 2.05) is 0 Å². The van der Waals surface area contributed by atoms with Gasteiger partial charge in [-0.2, -0.15) is 0 Å². The van der Waals surface area contributed by atoms with E-state index in [2.05, 4.69) is 18.4 Å². The Hall–Kier alpha value is -0.420. The molecule has 6 saturated carbocycles. The fourth-order valence-corrected chi connectivity index (χ4v) is 10.6. The molecule has 4 nitrogen and oxygen atoms in total. The molecule has 3 N–H and O–H groups in total. The number of piperidine rings is 2. The van der Waals surface area contributed by atoms with E-state index in [9.17, 15) is 15.3 Å². The molecule has 24 heavy (non-hydrogen) atoms. The number of hydrogen-bond donors (Lipinski definition) is 3. The first-order valence-electron chi connectivity index (χ1n) is 9.85. The Balaban J connectivity index is 1.54. The van der Waals surface area contributed by atoms with Crippen LogP contribution in [0.5, 0.6) is 0 Å². The van der Waals surface area contributed by atoms with Crippen molar-refractivity contribution >= 4 is 0 Å². The van der Waals surface area contributed by atoms with E-state index >= 15 is 0 Å². The minimum atomic E-state index is -0.439. The van der Waals surface area contributed by atoms with Crippen LogP contribution in [0.3, 0.4) is 0 Å². The number of nitrogens with zero attached hydrogens (tertiary/aromatic N) is 1. The second-order valence-electron chi connectivity index (χ2n) is 10.7. The van der Waals surface area contributed by atoms with Crippen molar-refractivity contribution < 1.29 is 15.3 Å². The number of aliphatic hydroxyl groups excluding tert-OH is 3. The van der Waals surface area contributed by atoms with E-state index < -0.39 is 6.10 Å². The van der Waals surface area contributed by atoms with E-state index in [1.165, 1.54) is 0 Å². The third-order valence-corrected chi connectivity index (χ3v) is 10.3. The highest BCUT2D eigenvalue weighted by molar-refractivity contribution is 5.44. The Morgan fingerprint density at radius 3 is 2.67 bits per heavy atom. The van der Waals surface area contributed by atoms with Gasteiger partial charge in [0.2, 0.25) is 0 Å². The van der Waals surface area contributed by atoms with E-state index in [0.29, 0.717) is 23.9 Å². The molecule has 3 heterocycles. The molecule has 6 aliphatic carbocycles. The highest BCUT2D eigenvalue weighted by Crippen LogP contribution is 2.86. The summed E-state index contributed by atoms with van der Waals surface area (Å²) in [5.74, 6) is 1.33. The van der Waals surface area contributed by atoms with Crippen LogP contribution in [0, 0.1) is 39.9 Å². The molecule has 2 spiro atoms. The lowest BCUT2D eigenvalue weighted by Gasteiger charge is -2.66. The molecule has 13 atom stereocenters. The van der Waals surface area contributed by atoms with Gasteiger partial charge in [-0.15, -0.1) is 0 Å². The van der Waals surface area contributed by atoms with Crippen LogP contribution in [-0.4, -0.2) is 57.2 Å². The summed E-state index contributed by atoms with van der Waals surface area (Å²) >= 11 is 0. The van der Waals surface area contributed by atoms with Gasteiger partial charge in [-0.3, -0.25) is 4.90 Å². The molecule has 0 aromatic rings. The van der Waals surface area contributed by atoms with E-state index in [4.69, 9.17) is 0 Å². The second-order valence-corrected chi connectivity index (χ2v) is 10.7. The number of hydrogen-bond acceptors (Lipinski definition) is 4. The molecule has 0 aromatic heterocycles. The Morgan fingerprint density at radius 2 is 1.88 bits per heavy atom. The summed E-state index contributed by atoms with van der Waals surface area (Å²) in [6.07, 6.45) is 2.76. The molecule has 3 aliphatic heterocycles. The Bertz CT molecular complexity index is 709. The van der Waals surface area contributed by atoms with Gasteiger partial charge >= 0.3 is 0 Å². The van der Waals surface area contributed by atoms with Crippen LogP contribution < -0.4 is 0 Å². The van der Waals surface area contributed by atoms with Crippen molar-refractivity contribution in [2.75, 3.05) is 6.54 Å². The van der Waals surface area contributed by atoms with Crippen LogP contribution in [0.4, 0.5) is 0 Å². The first-order valence-corrected chi connectivity index (χ1v) is 9.85. The molecule has 3 saturated heterocycles. The van der Waals surface area contributed by atoms with Gasteiger partial charge in [0.1, 0.15) is 0 Å². The summed E-state index contributed by atoms with van der Waals surface area (Å²) in [6.45, 7) is 7.69. The van der Waals surface area contributed by atoms with Crippen molar-refractivity contribution in [2.24, 2.45) is 39.9 Å². The zero-order valence-corrected chi connectivity index (χ0v) is 14.2. The maximum atomic E-state index is 11.3. The monoisotopic (exact) mass is 329 g/mol. The van der Waals surface area contributed by atoms with Crippen LogP contribution in [-0.2, 0) is 0 Å². The van der Waals surface area contributed by atoms with Crippen molar-refractivity contribution in [1.29, 1.82) is 0 Å². The number of aliphatic hydroxyl groups is 3. The molecule has 0 aromatic carbocycles. The Morgan fingerprint density at radius 1 is 1.08 bits per heavy atom. The molecular formula is C20H27NO3. The minimum Gasteiger partial charge on any atom is -0.393 e. The topological polar surface area (TPSA) is 63.9 Å². The van der Waals surface area contributed by atoms with Gasteiger partial charge in [-0.05, 0) is 53.9 Å². The van der Waals surface area contributed by atoms with Gasteiger partial charge in [0, 0.05) is 35.9 Å². The first-order chi connectivity index (χ1) is 11.4. The van der Waals surface area contributed by atoms with Gasteiger partial charge in [-0.1, -0.05) is 13.5 Å². The van der Waals surface area contributed by atoms with Crippen LogP contribution in [0.25, 0.3) is 0 Å². The van der Waals surface area contributed by atoms with Crippen LogP contribution in [0.15, 0.2) is 12.2 Å². The van der Waals surface area contributed by atoms with Crippen molar-refractivity contribution in [3.8, 4) is 0 Å². The highest BCUT2D eigenvalue weighted by Gasteiger charge is 2.90. The summed E-state index contributed by atoms with van der Waals surface area (Å²) < 4.78 is 0. The zero-order chi connectivity index (χ0) is 16.4. The van der Waals surface area contributed by atoms with Crippen molar-refractivity contribution in [3.05, 3.63) is 12.2 Å². The average molecular weight is 329 g/mol. The maximum Gasteiger partial charge on any atom is 0.0815 e. The molecule has 0 radical (unpaired) electrons. The van der Waals surface area contributed by atoms with Gasteiger partial charge in [0.25, 0.3) is 0 Å². The lowest BCUT2D eigenvalue weighted by atomic mass is 9.39. The standard InChI is InChI=1S/C20H27NO3/c1-8-10-3-11-16-20-5-9(22)4-18(2)7-21(16)12(14(18)20)6-19(11,17(8)24)15(20)13(10)23/h9-17,22-24H,1,3-7H2,2H3/t9-,10+,11?,12+,13-,14+,15+,16?,17+,18-,19?,20?/m0/s1. The van der Waals surface area contributed by atoms with Gasteiger partial charge in [0.15, 0.2) is 0 Å². The maximum absolute atomic E-state index is 11.3. The normalized spacial score (nSPS) is 76.1. The van der Waals surface area contributed by atoms with Crippen LogP contribution >= 0.6 is 0 Å². The third kappa shape index (κ3) is 0.960. The SMILES string of the molecule is C=C1[C@H]2CC3C4N5C[C@]6(C)C[C@H](O)CC47[C@H]([C@H]2O)C3(C[C@@H]5[C@@H]76)[C@@H]1O. The summed E-state index contributed by atoms with van der Waals surface area (Å²) in [5.41, 5.74) is 0.970. The van der Waals surface area contributed by atoms with Gasteiger partial charge in [-0.25, -0.2) is 0 Å². The fourth-order valence-electron chi connectivity index (χ4n) is 10.6. The molecular weight excluding hydrogens is 302 g/mol. The quantitative estimate of drug-likeness (QED) is 0.574. The molecule has 9 rings (SSSR count). The van der Waals surface area contributed by atoms with E-state index in [1.54, 1.807) is 0 Å². The second kappa shape index (κ2) is 3.40. The summed E-state index contributed by atoms with van der Waals surface area (Å²) in [4.78, 5) is 2.77. The molecule has 0 amide bonds. The van der Waals surface area contributed by atoms with E-state index in [0.717, 1.165) is 37.8 Å². The molecule has 9 fully saturated rings. The molecule has 9 aliphatic rings. The third-order valence-electron chi connectivity index (χ3n) is 10.3. The largest absolute Gasteiger partial charge is 0.393 e. The van der Waals surface area contributed by atoms with Crippen LogP contribution in [0.1, 0.15) is 32.6 Å². The minimum absolute atomic E-state index is 0.0358. The van der Waals surface area contributed by atoms with E-state index in [-0.39, 0.29) is 40.3 Å². The van der Waals surface area contributed by atoms with Crippen LogP contribution in [0.2, 0.25) is 0 Å². The first kappa shape index (κ1) is 13.7. The summed E-state index contributed by atoms with van der Waals surface area (Å²) in [6, 6.07) is 1.04. The van der Waals surface area contributed by atoms with Gasteiger partial charge < -0.3 is 15.3 Å². The average Bonchev–Trinajstić information content (AvgIpc) is 2.92. The predicted molar refractivity (Wildman–Crippen MR) is 86.8 cm³/mol. The molecule has 5 unspecified atom stereocenters.